The molecule has 0 spiro atoms. The van der Waals surface area contributed by atoms with E-state index in [4.69, 9.17) is 10.5 Å². The van der Waals surface area contributed by atoms with Gasteiger partial charge in [-0.15, -0.1) is 0 Å². The Morgan fingerprint density at radius 1 is 1.40 bits per heavy atom. The van der Waals surface area contributed by atoms with Gasteiger partial charge in [0.15, 0.2) is 0 Å². The highest BCUT2D eigenvalue weighted by molar-refractivity contribution is 5.87. The molecular formula is C15H20N2O3. The van der Waals surface area contributed by atoms with Crippen LogP contribution < -0.4 is 5.73 Å². The highest BCUT2D eigenvalue weighted by atomic mass is 16.5. The van der Waals surface area contributed by atoms with Crippen molar-refractivity contribution in [1.82, 2.24) is 4.90 Å². The third-order valence-corrected chi connectivity index (χ3v) is 3.72. The molecule has 0 saturated carbocycles. The third-order valence-electron chi connectivity index (χ3n) is 3.72. The zero-order chi connectivity index (χ0) is 14.5. The van der Waals surface area contributed by atoms with E-state index in [-0.39, 0.29) is 18.4 Å². The van der Waals surface area contributed by atoms with E-state index < -0.39 is 11.9 Å². The number of benzene rings is 1. The Balaban J connectivity index is 2.04. The summed E-state index contributed by atoms with van der Waals surface area (Å²) < 4.78 is 5.40. The Morgan fingerprint density at radius 2 is 2.10 bits per heavy atom. The molecule has 1 heterocycles. The molecule has 0 aromatic heterocycles. The van der Waals surface area contributed by atoms with Crippen molar-refractivity contribution in [2.45, 2.75) is 31.4 Å². The van der Waals surface area contributed by atoms with Crippen molar-refractivity contribution in [1.29, 1.82) is 0 Å². The van der Waals surface area contributed by atoms with Gasteiger partial charge in [0.1, 0.15) is 6.04 Å². The first-order valence-corrected chi connectivity index (χ1v) is 6.80. The van der Waals surface area contributed by atoms with E-state index in [2.05, 4.69) is 0 Å². The molecule has 2 amide bonds. The lowest BCUT2D eigenvalue weighted by molar-refractivity contribution is -0.139. The molecule has 20 heavy (non-hydrogen) atoms. The van der Waals surface area contributed by atoms with Gasteiger partial charge in [0.25, 0.3) is 0 Å². The van der Waals surface area contributed by atoms with Crippen LogP contribution in [0.1, 0.15) is 30.9 Å². The second-order valence-electron chi connectivity index (χ2n) is 4.99. The van der Waals surface area contributed by atoms with E-state index >= 15 is 0 Å². The number of rotatable bonds is 5. The van der Waals surface area contributed by atoms with Crippen LogP contribution in [0.2, 0.25) is 0 Å². The molecule has 0 bridgehead atoms. The zero-order valence-corrected chi connectivity index (χ0v) is 11.6. The first kappa shape index (κ1) is 14.5. The molecule has 2 N–H and O–H groups in total. The van der Waals surface area contributed by atoms with Gasteiger partial charge in [-0.2, -0.15) is 0 Å². The number of ether oxygens (including phenoxy) is 1. The quantitative estimate of drug-likeness (QED) is 0.879. The van der Waals surface area contributed by atoms with Crippen LogP contribution in [0.25, 0.3) is 0 Å². The van der Waals surface area contributed by atoms with Gasteiger partial charge < -0.3 is 15.4 Å². The van der Waals surface area contributed by atoms with Gasteiger partial charge in [0.05, 0.1) is 12.5 Å². The highest BCUT2D eigenvalue weighted by Gasteiger charge is 2.33. The summed E-state index contributed by atoms with van der Waals surface area (Å²) in [5, 5.41) is 0. The Hall–Kier alpha value is -1.88. The van der Waals surface area contributed by atoms with Crippen molar-refractivity contribution in [3.8, 4) is 0 Å². The summed E-state index contributed by atoms with van der Waals surface area (Å²) in [6, 6.07) is 9.13. The molecule has 1 aliphatic rings. The van der Waals surface area contributed by atoms with Crippen LogP contribution >= 0.6 is 0 Å². The minimum absolute atomic E-state index is 0.0815. The van der Waals surface area contributed by atoms with Gasteiger partial charge in [0, 0.05) is 13.7 Å². The lowest BCUT2D eigenvalue weighted by Gasteiger charge is -2.24. The van der Waals surface area contributed by atoms with Crippen LogP contribution in [0.3, 0.4) is 0 Å². The fourth-order valence-corrected chi connectivity index (χ4v) is 2.64. The Morgan fingerprint density at radius 3 is 2.70 bits per heavy atom. The van der Waals surface area contributed by atoms with Crippen molar-refractivity contribution >= 4 is 11.8 Å². The monoisotopic (exact) mass is 276 g/mol. The molecule has 1 aliphatic heterocycles. The molecule has 1 aromatic carbocycles. The van der Waals surface area contributed by atoms with Crippen molar-refractivity contribution < 1.29 is 14.3 Å². The maximum atomic E-state index is 12.3. The van der Waals surface area contributed by atoms with E-state index in [9.17, 15) is 9.59 Å². The molecule has 2 atom stereocenters. The van der Waals surface area contributed by atoms with Crippen LogP contribution in [0, 0.1) is 0 Å². The minimum Gasteiger partial charge on any atom is -0.376 e. The molecule has 1 aromatic rings. The summed E-state index contributed by atoms with van der Waals surface area (Å²) in [6.07, 6.45) is 1.41. The Bertz CT molecular complexity index is 475. The average Bonchev–Trinajstić information content (AvgIpc) is 2.95. The van der Waals surface area contributed by atoms with Crippen molar-refractivity contribution in [3.63, 3.8) is 0 Å². The summed E-state index contributed by atoms with van der Waals surface area (Å²) in [7, 11) is 1.58. The maximum Gasteiger partial charge on any atom is 0.240 e. The second-order valence-corrected chi connectivity index (χ2v) is 4.99. The smallest absolute Gasteiger partial charge is 0.240 e. The van der Waals surface area contributed by atoms with Crippen LogP contribution in [-0.4, -0.2) is 36.4 Å². The molecular weight excluding hydrogens is 256 g/mol. The van der Waals surface area contributed by atoms with E-state index in [1.54, 1.807) is 12.0 Å². The van der Waals surface area contributed by atoms with Gasteiger partial charge in [-0.05, 0) is 18.4 Å². The van der Waals surface area contributed by atoms with Crippen LogP contribution in [-0.2, 0) is 14.3 Å². The minimum atomic E-state index is -0.462. The summed E-state index contributed by atoms with van der Waals surface area (Å²) >= 11 is 0. The number of methoxy groups -OCH3 is 1. The number of carbonyl (C=O) groups excluding carboxylic acids is 2. The molecule has 1 saturated heterocycles. The largest absolute Gasteiger partial charge is 0.376 e. The first-order valence-electron chi connectivity index (χ1n) is 6.80. The fourth-order valence-electron chi connectivity index (χ4n) is 2.64. The number of nitrogens with zero attached hydrogens (tertiary/aromatic N) is 1. The molecule has 2 unspecified atom stereocenters. The molecule has 108 valence electrons. The molecule has 5 nitrogen and oxygen atoms in total. The van der Waals surface area contributed by atoms with Crippen molar-refractivity contribution in [3.05, 3.63) is 35.9 Å². The summed E-state index contributed by atoms with van der Waals surface area (Å²) in [5.41, 5.74) is 6.29. The van der Waals surface area contributed by atoms with Gasteiger partial charge >= 0.3 is 0 Å². The maximum absolute atomic E-state index is 12.3. The van der Waals surface area contributed by atoms with Gasteiger partial charge in [0.2, 0.25) is 11.8 Å². The lowest BCUT2D eigenvalue weighted by Crippen LogP contribution is -2.44. The van der Waals surface area contributed by atoms with Crippen molar-refractivity contribution in [2.75, 3.05) is 13.7 Å². The van der Waals surface area contributed by atoms with E-state index in [1.807, 2.05) is 30.3 Å². The number of carbonyl (C=O) groups is 2. The van der Waals surface area contributed by atoms with E-state index in [0.29, 0.717) is 13.0 Å². The predicted molar refractivity (Wildman–Crippen MR) is 74.7 cm³/mol. The third kappa shape index (κ3) is 3.17. The number of nitrogens with two attached hydrogens (primary N) is 1. The highest BCUT2D eigenvalue weighted by Crippen LogP contribution is 2.24. The molecule has 0 radical (unpaired) electrons. The van der Waals surface area contributed by atoms with E-state index in [0.717, 1.165) is 12.0 Å². The predicted octanol–water partition coefficient (Wildman–Crippen LogP) is 1.24. The average molecular weight is 276 g/mol. The molecule has 1 fully saturated rings. The number of amides is 2. The Kier molecular flexibility index (Phi) is 4.74. The van der Waals surface area contributed by atoms with Crippen molar-refractivity contribution in [2.24, 2.45) is 5.73 Å². The fraction of sp³-hybridized carbons (Fsp3) is 0.467. The van der Waals surface area contributed by atoms with E-state index in [1.165, 1.54) is 0 Å². The number of primary amides is 1. The first-order chi connectivity index (χ1) is 9.63. The second kappa shape index (κ2) is 6.52. The zero-order valence-electron chi connectivity index (χ0n) is 11.6. The van der Waals surface area contributed by atoms with Gasteiger partial charge in [-0.3, -0.25) is 9.59 Å². The number of likely N-dealkylation sites (tertiary alicyclic amines) is 1. The molecule has 2 rings (SSSR count). The van der Waals surface area contributed by atoms with Crippen LogP contribution in [0.15, 0.2) is 30.3 Å². The standard InChI is InChI=1S/C15H20N2O3/c1-20-13(11-6-3-2-4-7-11)10-14(18)17-9-5-8-12(17)15(16)19/h2-4,6-7,12-13H,5,8-10H2,1H3,(H2,16,19). The van der Waals surface area contributed by atoms with Crippen LogP contribution in [0.5, 0.6) is 0 Å². The number of hydrogen-bond acceptors (Lipinski definition) is 3. The molecule has 5 heteroatoms. The van der Waals surface area contributed by atoms with Crippen LogP contribution in [0.4, 0.5) is 0 Å². The lowest BCUT2D eigenvalue weighted by atomic mass is 10.1. The van der Waals surface area contributed by atoms with Gasteiger partial charge in [-0.1, -0.05) is 30.3 Å². The Labute approximate surface area is 118 Å². The topological polar surface area (TPSA) is 72.6 Å². The SMILES string of the molecule is COC(CC(=O)N1CCCC1C(N)=O)c1ccccc1. The molecule has 0 aliphatic carbocycles. The summed E-state index contributed by atoms with van der Waals surface area (Å²) in [6.45, 7) is 0.595. The summed E-state index contributed by atoms with van der Waals surface area (Å²) in [5.74, 6) is -0.508. The van der Waals surface area contributed by atoms with Gasteiger partial charge in [-0.25, -0.2) is 0 Å². The number of hydrogen-bond donors (Lipinski definition) is 1. The summed E-state index contributed by atoms with van der Waals surface area (Å²) in [4.78, 5) is 25.3. The normalized spacial score (nSPS) is 19.9.